The third-order valence-corrected chi connectivity index (χ3v) is 5.06. The van der Waals surface area contributed by atoms with Crippen molar-refractivity contribution in [2.75, 3.05) is 6.54 Å². The molecule has 29 heavy (non-hydrogen) atoms. The number of aromatic nitrogens is 2. The largest absolute Gasteiger partial charge is 0.484 e. The van der Waals surface area contributed by atoms with E-state index in [4.69, 9.17) is 9.26 Å². The molecule has 1 fully saturated rings. The van der Waals surface area contributed by atoms with Crippen LogP contribution in [0.3, 0.4) is 0 Å². The first-order valence-electron chi connectivity index (χ1n) is 9.67. The zero-order valence-electron chi connectivity index (χ0n) is 16.2. The first-order valence-corrected chi connectivity index (χ1v) is 9.67. The van der Waals surface area contributed by atoms with Gasteiger partial charge in [-0.2, -0.15) is 0 Å². The molecule has 1 aliphatic heterocycles. The van der Waals surface area contributed by atoms with Gasteiger partial charge in [0.1, 0.15) is 18.2 Å². The van der Waals surface area contributed by atoms with E-state index >= 15 is 0 Å². The van der Waals surface area contributed by atoms with E-state index in [0.29, 0.717) is 18.1 Å². The number of piperidine rings is 1. The van der Waals surface area contributed by atoms with Crippen LogP contribution in [0.25, 0.3) is 0 Å². The Labute approximate surface area is 168 Å². The highest BCUT2D eigenvalue weighted by Crippen LogP contribution is 2.32. The Morgan fingerprint density at radius 3 is 2.83 bits per heavy atom. The van der Waals surface area contributed by atoms with E-state index in [1.54, 1.807) is 29.3 Å². The van der Waals surface area contributed by atoms with Crippen molar-refractivity contribution >= 4 is 5.91 Å². The SMILES string of the molecule is Cc1ccc(OCc2cc(C(=O)N3CCCCC3c3ccc(F)cc3)no2)cn1. The highest BCUT2D eigenvalue weighted by molar-refractivity contribution is 5.92. The molecular weight excluding hydrogens is 373 g/mol. The summed E-state index contributed by atoms with van der Waals surface area (Å²) in [4.78, 5) is 19.0. The fourth-order valence-corrected chi connectivity index (χ4v) is 3.53. The van der Waals surface area contributed by atoms with Crippen LogP contribution in [0.4, 0.5) is 4.39 Å². The van der Waals surface area contributed by atoms with Gasteiger partial charge in [0.15, 0.2) is 11.5 Å². The van der Waals surface area contributed by atoms with Gasteiger partial charge < -0.3 is 14.2 Å². The third kappa shape index (κ3) is 4.45. The molecule has 4 rings (SSSR count). The van der Waals surface area contributed by atoms with Gasteiger partial charge in [-0.25, -0.2) is 4.39 Å². The van der Waals surface area contributed by atoms with Gasteiger partial charge in [-0.05, 0) is 56.0 Å². The summed E-state index contributed by atoms with van der Waals surface area (Å²) in [7, 11) is 0. The number of amides is 1. The van der Waals surface area contributed by atoms with Crippen molar-refractivity contribution in [1.29, 1.82) is 0 Å². The van der Waals surface area contributed by atoms with Crippen LogP contribution in [0.15, 0.2) is 53.2 Å². The first-order chi connectivity index (χ1) is 14.1. The summed E-state index contributed by atoms with van der Waals surface area (Å²) in [6, 6.07) is 11.5. The molecule has 1 aromatic carbocycles. The average Bonchev–Trinajstić information content (AvgIpc) is 3.22. The van der Waals surface area contributed by atoms with Crippen molar-refractivity contribution in [3.8, 4) is 5.75 Å². The Hall–Kier alpha value is -3.22. The first kappa shape index (κ1) is 19.1. The lowest BCUT2D eigenvalue weighted by molar-refractivity contribution is 0.0600. The molecule has 0 saturated carbocycles. The molecule has 0 aliphatic carbocycles. The second-order valence-electron chi connectivity index (χ2n) is 7.16. The highest BCUT2D eigenvalue weighted by atomic mass is 19.1. The molecular formula is C22H22FN3O3. The van der Waals surface area contributed by atoms with Crippen molar-refractivity contribution in [2.45, 2.75) is 38.8 Å². The average molecular weight is 395 g/mol. The molecule has 1 amide bonds. The number of nitrogens with zero attached hydrogens (tertiary/aromatic N) is 3. The number of hydrogen-bond acceptors (Lipinski definition) is 5. The summed E-state index contributed by atoms with van der Waals surface area (Å²) in [6.45, 7) is 2.69. The zero-order valence-corrected chi connectivity index (χ0v) is 16.2. The van der Waals surface area contributed by atoms with Crippen molar-refractivity contribution in [3.63, 3.8) is 0 Å². The lowest BCUT2D eigenvalue weighted by Crippen LogP contribution is -2.38. The predicted molar refractivity (Wildman–Crippen MR) is 104 cm³/mol. The van der Waals surface area contributed by atoms with Gasteiger partial charge in [0, 0.05) is 18.3 Å². The lowest BCUT2D eigenvalue weighted by Gasteiger charge is -2.35. The normalized spacial score (nSPS) is 16.6. The number of likely N-dealkylation sites (tertiary alicyclic amines) is 1. The monoisotopic (exact) mass is 395 g/mol. The van der Waals surface area contributed by atoms with Gasteiger partial charge >= 0.3 is 0 Å². The van der Waals surface area contributed by atoms with E-state index in [1.807, 2.05) is 19.1 Å². The maximum atomic E-state index is 13.3. The topological polar surface area (TPSA) is 68.5 Å². The Morgan fingerprint density at radius 1 is 1.24 bits per heavy atom. The number of aryl methyl sites for hydroxylation is 1. The van der Waals surface area contributed by atoms with Crippen molar-refractivity contribution in [2.24, 2.45) is 0 Å². The standard InChI is InChI=1S/C22H22FN3O3/c1-15-5-10-18(13-24-15)28-14-19-12-20(25-29-19)22(27)26-11-3-2-4-21(26)16-6-8-17(23)9-7-16/h5-10,12-13,21H,2-4,11,14H2,1H3. The van der Waals surface area contributed by atoms with E-state index in [-0.39, 0.29) is 30.1 Å². The Kier molecular flexibility index (Phi) is 5.55. The van der Waals surface area contributed by atoms with E-state index in [0.717, 1.165) is 30.5 Å². The van der Waals surface area contributed by atoms with Crippen molar-refractivity contribution in [3.05, 3.63) is 77.2 Å². The van der Waals surface area contributed by atoms with Gasteiger partial charge in [0.25, 0.3) is 5.91 Å². The third-order valence-electron chi connectivity index (χ3n) is 5.06. The van der Waals surface area contributed by atoms with Crippen LogP contribution in [-0.4, -0.2) is 27.5 Å². The number of benzene rings is 1. The number of rotatable bonds is 5. The number of halogens is 1. The van der Waals surface area contributed by atoms with Gasteiger partial charge in [-0.1, -0.05) is 17.3 Å². The summed E-state index contributed by atoms with van der Waals surface area (Å²) in [6.07, 6.45) is 4.43. The molecule has 6 nitrogen and oxygen atoms in total. The maximum Gasteiger partial charge on any atom is 0.276 e. The molecule has 1 aliphatic rings. The number of hydrogen-bond donors (Lipinski definition) is 0. The smallest absolute Gasteiger partial charge is 0.276 e. The second-order valence-corrected chi connectivity index (χ2v) is 7.16. The fraction of sp³-hybridized carbons (Fsp3) is 0.318. The molecule has 3 heterocycles. The van der Waals surface area contributed by atoms with Gasteiger partial charge in [0.05, 0.1) is 12.2 Å². The van der Waals surface area contributed by atoms with E-state index in [2.05, 4.69) is 10.1 Å². The summed E-state index contributed by atoms with van der Waals surface area (Å²) in [5, 5.41) is 3.94. The number of carbonyl (C=O) groups excluding carboxylic acids is 1. The molecule has 0 spiro atoms. The fourth-order valence-electron chi connectivity index (χ4n) is 3.53. The molecule has 0 N–H and O–H groups in total. The Bertz CT molecular complexity index is 970. The maximum absolute atomic E-state index is 13.3. The molecule has 1 atom stereocenters. The van der Waals surface area contributed by atoms with Crippen LogP contribution in [0.2, 0.25) is 0 Å². The number of ether oxygens (including phenoxy) is 1. The summed E-state index contributed by atoms with van der Waals surface area (Å²) in [5.74, 6) is 0.606. The van der Waals surface area contributed by atoms with Gasteiger partial charge in [-0.3, -0.25) is 9.78 Å². The van der Waals surface area contributed by atoms with Crippen molar-refractivity contribution in [1.82, 2.24) is 15.0 Å². The van der Waals surface area contributed by atoms with Crippen LogP contribution in [0.1, 0.15) is 52.8 Å². The van der Waals surface area contributed by atoms with Gasteiger partial charge in [0.2, 0.25) is 0 Å². The van der Waals surface area contributed by atoms with Crippen LogP contribution in [0, 0.1) is 12.7 Å². The molecule has 0 radical (unpaired) electrons. The Balaban J connectivity index is 1.45. The quantitative estimate of drug-likeness (QED) is 0.638. The summed E-state index contributed by atoms with van der Waals surface area (Å²) >= 11 is 0. The van der Waals surface area contributed by atoms with Crippen LogP contribution < -0.4 is 4.74 Å². The highest BCUT2D eigenvalue weighted by Gasteiger charge is 2.30. The number of carbonyl (C=O) groups is 1. The van der Waals surface area contributed by atoms with E-state index in [1.165, 1.54) is 12.1 Å². The molecule has 1 unspecified atom stereocenters. The van der Waals surface area contributed by atoms with Gasteiger partial charge in [-0.15, -0.1) is 0 Å². The lowest BCUT2D eigenvalue weighted by atomic mass is 9.95. The van der Waals surface area contributed by atoms with Crippen molar-refractivity contribution < 1.29 is 18.4 Å². The van der Waals surface area contributed by atoms with E-state index < -0.39 is 0 Å². The molecule has 150 valence electrons. The summed E-state index contributed by atoms with van der Waals surface area (Å²) in [5.41, 5.74) is 2.08. The van der Waals surface area contributed by atoms with Crippen LogP contribution in [0.5, 0.6) is 5.75 Å². The summed E-state index contributed by atoms with van der Waals surface area (Å²) < 4.78 is 24.2. The van der Waals surface area contributed by atoms with Crippen LogP contribution >= 0.6 is 0 Å². The molecule has 1 saturated heterocycles. The number of pyridine rings is 1. The van der Waals surface area contributed by atoms with Crippen LogP contribution in [-0.2, 0) is 6.61 Å². The molecule has 7 heteroatoms. The minimum atomic E-state index is -0.285. The van der Waals surface area contributed by atoms with E-state index in [9.17, 15) is 9.18 Å². The minimum Gasteiger partial charge on any atom is -0.484 e. The molecule has 0 bridgehead atoms. The second kappa shape index (κ2) is 8.43. The zero-order chi connectivity index (χ0) is 20.2. The minimum absolute atomic E-state index is 0.0908. The predicted octanol–water partition coefficient (Wildman–Crippen LogP) is 4.46. The molecule has 3 aromatic rings. The molecule has 2 aromatic heterocycles. The Morgan fingerprint density at radius 2 is 2.07 bits per heavy atom.